The van der Waals surface area contributed by atoms with Crippen LogP contribution in [0.1, 0.15) is 47.1 Å². The molecule has 30 heavy (non-hydrogen) atoms. The van der Waals surface area contributed by atoms with E-state index in [-0.39, 0.29) is 30.0 Å². The Kier molecular flexibility index (Phi) is 6.49. The van der Waals surface area contributed by atoms with Crippen molar-refractivity contribution in [2.24, 2.45) is 5.92 Å². The summed E-state index contributed by atoms with van der Waals surface area (Å²) in [6, 6.07) is 7.22. The number of amides is 1. The second-order valence-electron chi connectivity index (χ2n) is 7.41. The van der Waals surface area contributed by atoms with E-state index in [1.54, 1.807) is 42.5 Å². The van der Waals surface area contributed by atoms with Crippen molar-refractivity contribution in [3.63, 3.8) is 0 Å². The number of hydrogen-bond donors (Lipinski definition) is 0. The minimum atomic E-state index is -0.432. The lowest BCUT2D eigenvalue weighted by atomic mass is 9.96. The molecule has 1 saturated heterocycles. The van der Waals surface area contributed by atoms with Gasteiger partial charge in [-0.25, -0.2) is 0 Å². The van der Waals surface area contributed by atoms with Crippen molar-refractivity contribution in [3.8, 4) is 0 Å². The fourth-order valence-corrected chi connectivity index (χ4v) is 3.88. The molecule has 0 spiro atoms. The molecule has 1 aliphatic heterocycles. The first-order valence-electron chi connectivity index (χ1n) is 10.1. The first-order valence-corrected chi connectivity index (χ1v) is 10.1. The molecular formula is C21H26N4O5. The number of likely N-dealkylation sites (tertiary alicyclic amines) is 1. The average Bonchev–Trinajstić information content (AvgIpc) is 3.01. The Labute approximate surface area is 174 Å². The summed E-state index contributed by atoms with van der Waals surface area (Å²) in [6.45, 7) is 6.64. The van der Waals surface area contributed by atoms with Crippen molar-refractivity contribution in [3.05, 3.63) is 56.9 Å². The summed E-state index contributed by atoms with van der Waals surface area (Å²) in [7, 11) is 0. The number of carbonyl (C=O) groups is 2. The third-order valence-corrected chi connectivity index (χ3v) is 5.50. The number of piperidine rings is 1. The number of carbonyl (C=O) groups excluding carboxylic acids is 2. The first-order chi connectivity index (χ1) is 14.3. The summed E-state index contributed by atoms with van der Waals surface area (Å²) in [4.78, 5) is 37.7. The maximum atomic E-state index is 13.2. The number of rotatable bonds is 6. The van der Waals surface area contributed by atoms with Crippen LogP contribution in [0, 0.1) is 29.9 Å². The van der Waals surface area contributed by atoms with Crippen molar-refractivity contribution >= 4 is 17.6 Å². The standard InChI is InChI=1S/C21H26N4O5/c1-4-30-21(27)16-9-11-23(12-10-16)20(26)18-8-6-5-7-17(18)13-24-15(3)19(25(28)29)14(2)22-24/h5-8,16H,4,9-13H2,1-3H3. The highest BCUT2D eigenvalue weighted by Crippen LogP contribution is 2.25. The van der Waals surface area contributed by atoms with Gasteiger partial charge in [0.15, 0.2) is 0 Å². The molecule has 9 nitrogen and oxygen atoms in total. The lowest BCUT2D eigenvalue weighted by molar-refractivity contribution is -0.386. The Bertz CT molecular complexity index is 960. The number of hydrogen-bond acceptors (Lipinski definition) is 6. The van der Waals surface area contributed by atoms with E-state index in [1.165, 1.54) is 0 Å². The van der Waals surface area contributed by atoms with Crippen molar-refractivity contribution in [1.29, 1.82) is 0 Å². The second-order valence-corrected chi connectivity index (χ2v) is 7.41. The highest BCUT2D eigenvalue weighted by atomic mass is 16.6. The van der Waals surface area contributed by atoms with Gasteiger partial charge in [-0.1, -0.05) is 18.2 Å². The van der Waals surface area contributed by atoms with E-state index >= 15 is 0 Å². The Morgan fingerprint density at radius 3 is 2.50 bits per heavy atom. The van der Waals surface area contributed by atoms with Gasteiger partial charge >= 0.3 is 11.7 Å². The summed E-state index contributed by atoms with van der Waals surface area (Å²) in [5.41, 5.74) is 2.09. The van der Waals surface area contributed by atoms with Gasteiger partial charge in [-0.05, 0) is 45.2 Å². The van der Waals surface area contributed by atoms with E-state index in [0.29, 0.717) is 49.5 Å². The SMILES string of the molecule is CCOC(=O)C1CCN(C(=O)c2ccccc2Cn2nc(C)c([N+](=O)[O-])c2C)CC1. The first kappa shape index (κ1) is 21.5. The monoisotopic (exact) mass is 414 g/mol. The predicted molar refractivity (Wildman–Crippen MR) is 109 cm³/mol. The molecule has 0 atom stereocenters. The van der Waals surface area contributed by atoms with Gasteiger partial charge in [-0.3, -0.25) is 24.4 Å². The zero-order valence-electron chi connectivity index (χ0n) is 17.5. The molecule has 0 radical (unpaired) electrons. The maximum absolute atomic E-state index is 13.2. The third-order valence-electron chi connectivity index (χ3n) is 5.50. The summed E-state index contributed by atoms with van der Waals surface area (Å²) in [5.74, 6) is -0.473. The fourth-order valence-electron chi connectivity index (χ4n) is 3.88. The molecule has 0 unspecified atom stereocenters. The van der Waals surface area contributed by atoms with Crippen LogP contribution in [0.2, 0.25) is 0 Å². The van der Waals surface area contributed by atoms with Gasteiger partial charge in [0.25, 0.3) is 5.91 Å². The van der Waals surface area contributed by atoms with Crippen LogP contribution < -0.4 is 0 Å². The number of aryl methyl sites for hydroxylation is 1. The molecule has 1 amide bonds. The molecule has 0 bridgehead atoms. The fraction of sp³-hybridized carbons (Fsp3) is 0.476. The van der Waals surface area contributed by atoms with Gasteiger partial charge in [0.1, 0.15) is 11.4 Å². The second kappa shape index (κ2) is 9.06. The van der Waals surface area contributed by atoms with Crippen LogP contribution in [0.3, 0.4) is 0 Å². The normalized spacial score (nSPS) is 14.6. The van der Waals surface area contributed by atoms with Gasteiger partial charge in [-0.15, -0.1) is 0 Å². The van der Waals surface area contributed by atoms with Gasteiger partial charge in [0, 0.05) is 18.7 Å². The molecule has 3 rings (SSSR count). The van der Waals surface area contributed by atoms with Gasteiger partial charge in [0.05, 0.1) is 24.0 Å². The molecule has 160 valence electrons. The van der Waals surface area contributed by atoms with E-state index in [4.69, 9.17) is 4.74 Å². The lowest BCUT2D eigenvalue weighted by Gasteiger charge is -2.31. The average molecular weight is 414 g/mol. The minimum Gasteiger partial charge on any atom is -0.466 e. The third kappa shape index (κ3) is 4.34. The molecule has 0 N–H and O–H groups in total. The zero-order valence-corrected chi connectivity index (χ0v) is 17.5. The molecule has 1 aliphatic rings. The van der Waals surface area contributed by atoms with Crippen molar-refractivity contribution in [2.75, 3.05) is 19.7 Å². The zero-order chi connectivity index (χ0) is 21.8. The molecule has 0 aliphatic carbocycles. The molecular weight excluding hydrogens is 388 g/mol. The smallest absolute Gasteiger partial charge is 0.312 e. The predicted octanol–water partition coefficient (Wildman–Crippen LogP) is 2.87. The summed E-state index contributed by atoms with van der Waals surface area (Å²) in [6.07, 6.45) is 1.16. The van der Waals surface area contributed by atoms with Crippen molar-refractivity contribution < 1.29 is 19.2 Å². The minimum absolute atomic E-state index is 0.000143. The molecule has 0 saturated carbocycles. The summed E-state index contributed by atoms with van der Waals surface area (Å²) in [5, 5.41) is 15.5. The van der Waals surface area contributed by atoms with E-state index in [1.807, 2.05) is 12.1 Å². The maximum Gasteiger partial charge on any atom is 0.312 e. The summed E-state index contributed by atoms with van der Waals surface area (Å²) >= 11 is 0. The van der Waals surface area contributed by atoms with E-state index in [0.717, 1.165) is 5.56 Å². The van der Waals surface area contributed by atoms with Crippen LogP contribution in [-0.4, -0.2) is 51.2 Å². The molecule has 9 heteroatoms. The molecule has 2 aromatic rings. The molecule has 1 aromatic carbocycles. The van der Waals surface area contributed by atoms with Crippen LogP contribution in [0.15, 0.2) is 24.3 Å². The quantitative estimate of drug-likeness (QED) is 0.409. The number of nitro groups is 1. The van der Waals surface area contributed by atoms with Gasteiger partial charge in [0.2, 0.25) is 0 Å². The van der Waals surface area contributed by atoms with Crippen LogP contribution in [0.25, 0.3) is 0 Å². The Morgan fingerprint density at radius 2 is 1.90 bits per heavy atom. The number of benzene rings is 1. The number of esters is 1. The van der Waals surface area contributed by atoms with Crippen molar-refractivity contribution in [2.45, 2.75) is 40.2 Å². The molecule has 1 aromatic heterocycles. The Hall–Kier alpha value is -3.23. The topological polar surface area (TPSA) is 108 Å². The molecule has 2 heterocycles. The number of nitrogens with zero attached hydrogens (tertiary/aromatic N) is 4. The van der Waals surface area contributed by atoms with E-state index < -0.39 is 4.92 Å². The van der Waals surface area contributed by atoms with Crippen LogP contribution in [0.5, 0.6) is 0 Å². The highest BCUT2D eigenvalue weighted by Gasteiger charge is 2.29. The molecule has 1 fully saturated rings. The highest BCUT2D eigenvalue weighted by molar-refractivity contribution is 5.95. The Morgan fingerprint density at radius 1 is 1.23 bits per heavy atom. The van der Waals surface area contributed by atoms with E-state index in [2.05, 4.69) is 5.10 Å². The van der Waals surface area contributed by atoms with Gasteiger partial charge in [-0.2, -0.15) is 5.10 Å². The van der Waals surface area contributed by atoms with Crippen LogP contribution in [0.4, 0.5) is 5.69 Å². The largest absolute Gasteiger partial charge is 0.466 e. The number of ether oxygens (including phenoxy) is 1. The van der Waals surface area contributed by atoms with Crippen molar-refractivity contribution in [1.82, 2.24) is 14.7 Å². The summed E-state index contributed by atoms with van der Waals surface area (Å²) < 4.78 is 6.65. The number of aromatic nitrogens is 2. The van der Waals surface area contributed by atoms with Crippen LogP contribution in [-0.2, 0) is 16.1 Å². The van der Waals surface area contributed by atoms with E-state index in [9.17, 15) is 19.7 Å². The van der Waals surface area contributed by atoms with Gasteiger partial charge < -0.3 is 9.64 Å². The van der Waals surface area contributed by atoms with Crippen LogP contribution >= 0.6 is 0 Å². The Balaban J connectivity index is 1.76. The lowest BCUT2D eigenvalue weighted by Crippen LogP contribution is -2.41.